The lowest BCUT2D eigenvalue weighted by molar-refractivity contribution is -0.385. The minimum absolute atomic E-state index is 0.0217. The van der Waals surface area contributed by atoms with Gasteiger partial charge in [0, 0.05) is 29.2 Å². The predicted octanol–water partition coefficient (Wildman–Crippen LogP) is 4.08. The molecule has 10 heteroatoms. The van der Waals surface area contributed by atoms with Gasteiger partial charge in [-0.15, -0.1) is 0 Å². The van der Waals surface area contributed by atoms with Crippen molar-refractivity contribution in [1.82, 2.24) is 10.2 Å². The summed E-state index contributed by atoms with van der Waals surface area (Å²) in [5.41, 5.74) is 0.640. The van der Waals surface area contributed by atoms with Gasteiger partial charge in [0.05, 0.1) is 12.0 Å². The molecule has 2 atom stereocenters. The van der Waals surface area contributed by atoms with Crippen LogP contribution in [-0.4, -0.2) is 47.4 Å². The molecule has 1 N–H and O–H groups in total. The third kappa shape index (κ3) is 7.45. The molecule has 0 aliphatic carbocycles. The van der Waals surface area contributed by atoms with Crippen LogP contribution in [-0.2, 0) is 16.1 Å². The van der Waals surface area contributed by atoms with Crippen LogP contribution in [0.1, 0.15) is 32.8 Å². The highest BCUT2D eigenvalue weighted by molar-refractivity contribution is 9.10. The average Bonchev–Trinajstić information content (AvgIpc) is 2.80. The first kappa shape index (κ1) is 26.1. The van der Waals surface area contributed by atoms with Crippen molar-refractivity contribution in [2.45, 2.75) is 45.8 Å². The maximum absolute atomic E-state index is 13.1. The van der Waals surface area contributed by atoms with Crippen LogP contribution in [0, 0.1) is 10.1 Å². The minimum atomic E-state index is -0.736. The summed E-state index contributed by atoms with van der Waals surface area (Å²) < 4.78 is 11.5. The molecule has 0 heterocycles. The fourth-order valence-electron chi connectivity index (χ4n) is 3.01. The molecule has 0 bridgehead atoms. The molecular formula is C23H28BrN3O6. The SMILES string of the molecule is CC[C@H](C)NC(=O)[C@@H](C)N(Cc1cccc(Br)c1)C(=O)COc1ccc([N+](=O)[O-])c(OC)c1. The first-order valence-corrected chi connectivity index (χ1v) is 11.2. The quantitative estimate of drug-likeness (QED) is 0.352. The number of carbonyl (C=O) groups is 2. The van der Waals surface area contributed by atoms with Crippen LogP contribution in [0.5, 0.6) is 11.5 Å². The summed E-state index contributed by atoms with van der Waals surface area (Å²) in [4.78, 5) is 37.8. The Morgan fingerprint density at radius 3 is 2.55 bits per heavy atom. The lowest BCUT2D eigenvalue weighted by Gasteiger charge is -2.29. The number of nitro benzene ring substituents is 1. The zero-order valence-electron chi connectivity index (χ0n) is 19.0. The van der Waals surface area contributed by atoms with E-state index in [0.717, 1.165) is 16.5 Å². The zero-order chi connectivity index (χ0) is 24.5. The number of methoxy groups -OCH3 is 1. The van der Waals surface area contributed by atoms with E-state index in [4.69, 9.17) is 9.47 Å². The van der Waals surface area contributed by atoms with E-state index in [-0.39, 0.29) is 42.3 Å². The van der Waals surface area contributed by atoms with Crippen molar-refractivity contribution in [2.24, 2.45) is 0 Å². The molecule has 2 aromatic carbocycles. The van der Waals surface area contributed by atoms with Gasteiger partial charge in [-0.05, 0) is 44.0 Å². The van der Waals surface area contributed by atoms with Crippen LogP contribution < -0.4 is 14.8 Å². The van der Waals surface area contributed by atoms with E-state index in [2.05, 4.69) is 21.2 Å². The number of hydrogen-bond acceptors (Lipinski definition) is 6. The van der Waals surface area contributed by atoms with Crippen molar-refractivity contribution in [2.75, 3.05) is 13.7 Å². The van der Waals surface area contributed by atoms with E-state index in [1.807, 2.05) is 38.1 Å². The van der Waals surface area contributed by atoms with Gasteiger partial charge < -0.3 is 19.7 Å². The number of benzene rings is 2. The number of halogens is 1. The zero-order valence-corrected chi connectivity index (χ0v) is 20.6. The molecule has 0 unspecified atom stereocenters. The highest BCUT2D eigenvalue weighted by atomic mass is 79.9. The fourth-order valence-corrected chi connectivity index (χ4v) is 3.45. The van der Waals surface area contributed by atoms with Crippen molar-refractivity contribution in [3.63, 3.8) is 0 Å². The average molecular weight is 522 g/mol. The minimum Gasteiger partial charge on any atom is -0.490 e. The second-order valence-electron chi connectivity index (χ2n) is 7.52. The smallest absolute Gasteiger partial charge is 0.311 e. The molecule has 0 aromatic heterocycles. The molecule has 0 saturated carbocycles. The molecule has 0 spiro atoms. The molecule has 178 valence electrons. The monoisotopic (exact) mass is 521 g/mol. The third-order valence-corrected chi connectivity index (χ3v) is 5.61. The Hall–Kier alpha value is -3.14. The number of nitrogens with one attached hydrogen (secondary N) is 1. The van der Waals surface area contributed by atoms with Crippen LogP contribution in [0.3, 0.4) is 0 Å². The summed E-state index contributed by atoms with van der Waals surface area (Å²) in [5.74, 6) is -0.397. The van der Waals surface area contributed by atoms with Crippen LogP contribution >= 0.6 is 15.9 Å². The maximum atomic E-state index is 13.1. The van der Waals surface area contributed by atoms with Crippen LogP contribution in [0.15, 0.2) is 46.9 Å². The van der Waals surface area contributed by atoms with Gasteiger partial charge in [0.25, 0.3) is 5.91 Å². The largest absolute Gasteiger partial charge is 0.490 e. The van der Waals surface area contributed by atoms with Gasteiger partial charge in [-0.3, -0.25) is 19.7 Å². The summed E-state index contributed by atoms with van der Waals surface area (Å²) >= 11 is 3.42. The normalized spacial score (nSPS) is 12.4. The number of rotatable bonds is 11. The summed E-state index contributed by atoms with van der Waals surface area (Å²) in [5, 5.41) is 14.0. The first-order valence-electron chi connectivity index (χ1n) is 10.5. The van der Waals surface area contributed by atoms with Crippen molar-refractivity contribution >= 4 is 33.4 Å². The van der Waals surface area contributed by atoms with Crippen molar-refractivity contribution in [3.05, 3.63) is 62.6 Å². The molecule has 0 aliphatic rings. The topological polar surface area (TPSA) is 111 Å². The second kappa shape index (κ2) is 12.2. The van der Waals surface area contributed by atoms with Gasteiger partial charge in [-0.1, -0.05) is 35.0 Å². The van der Waals surface area contributed by atoms with Gasteiger partial charge in [0.15, 0.2) is 6.61 Å². The fraction of sp³-hybridized carbons (Fsp3) is 0.391. The first-order chi connectivity index (χ1) is 15.7. The Morgan fingerprint density at radius 1 is 1.21 bits per heavy atom. The standard InChI is InChI=1S/C23H28BrN3O6/c1-5-15(2)25-23(29)16(3)26(13-17-7-6-8-18(24)11-17)22(28)14-33-19-9-10-20(27(30)31)21(12-19)32-4/h6-12,15-16H,5,13-14H2,1-4H3,(H,25,29)/t15-,16+/m0/s1. The van der Waals surface area contributed by atoms with Gasteiger partial charge in [0.1, 0.15) is 11.8 Å². The number of nitro groups is 1. The second-order valence-corrected chi connectivity index (χ2v) is 8.44. The Balaban J connectivity index is 2.20. The number of ether oxygens (including phenoxy) is 2. The Bertz CT molecular complexity index is 1000. The van der Waals surface area contributed by atoms with Gasteiger partial charge in [-0.2, -0.15) is 0 Å². The van der Waals surface area contributed by atoms with Crippen LogP contribution in [0.25, 0.3) is 0 Å². The van der Waals surface area contributed by atoms with E-state index >= 15 is 0 Å². The van der Waals surface area contributed by atoms with Gasteiger partial charge >= 0.3 is 5.69 Å². The molecular weight excluding hydrogens is 494 g/mol. The highest BCUT2D eigenvalue weighted by Crippen LogP contribution is 2.30. The summed E-state index contributed by atoms with van der Waals surface area (Å²) in [6, 6.07) is 10.7. The number of amides is 2. The van der Waals surface area contributed by atoms with Crippen molar-refractivity contribution in [3.8, 4) is 11.5 Å². The Kier molecular flexibility index (Phi) is 9.65. The molecule has 0 saturated heterocycles. The summed E-state index contributed by atoms with van der Waals surface area (Å²) in [6.07, 6.45) is 0.767. The van der Waals surface area contributed by atoms with E-state index in [1.54, 1.807) is 6.92 Å². The lowest BCUT2D eigenvalue weighted by atomic mass is 10.1. The molecule has 0 fully saturated rings. The van der Waals surface area contributed by atoms with Gasteiger partial charge in [0.2, 0.25) is 11.7 Å². The molecule has 2 rings (SSSR count). The number of carbonyl (C=O) groups excluding carboxylic acids is 2. The molecule has 33 heavy (non-hydrogen) atoms. The number of nitrogens with zero attached hydrogens (tertiary/aromatic N) is 2. The Morgan fingerprint density at radius 2 is 1.94 bits per heavy atom. The third-order valence-electron chi connectivity index (χ3n) is 5.12. The van der Waals surface area contributed by atoms with E-state index in [1.165, 1.54) is 30.2 Å². The van der Waals surface area contributed by atoms with Crippen molar-refractivity contribution in [1.29, 1.82) is 0 Å². The van der Waals surface area contributed by atoms with Crippen LogP contribution in [0.2, 0.25) is 0 Å². The van der Waals surface area contributed by atoms with E-state index < -0.39 is 16.9 Å². The number of hydrogen-bond donors (Lipinski definition) is 1. The summed E-state index contributed by atoms with van der Waals surface area (Å²) in [6.45, 7) is 5.39. The lowest BCUT2D eigenvalue weighted by Crippen LogP contribution is -2.50. The highest BCUT2D eigenvalue weighted by Gasteiger charge is 2.27. The van der Waals surface area contributed by atoms with E-state index in [9.17, 15) is 19.7 Å². The molecule has 0 aliphatic heterocycles. The van der Waals surface area contributed by atoms with Crippen LogP contribution in [0.4, 0.5) is 5.69 Å². The van der Waals surface area contributed by atoms with Gasteiger partial charge in [-0.25, -0.2) is 0 Å². The molecule has 2 aromatic rings. The molecule has 2 amide bonds. The predicted molar refractivity (Wildman–Crippen MR) is 127 cm³/mol. The molecule has 0 radical (unpaired) electrons. The van der Waals surface area contributed by atoms with E-state index in [0.29, 0.717) is 0 Å². The summed E-state index contributed by atoms with van der Waals surface area (Å²) in [7, 11) is 1.31. The Labute approximate surface area is 201 Å². The maximum Gasteiger partial charge on any atom is 0.311 e. The molecule has 9 nitrogen and oxygen atoms in total. The van der Waals surface area contributed by atoms with Crippen molar-refractivity contribution < 1.29 is 24.0 Å².